The lowest BCUT2D eigenvalue weighted by Gasteiger charge is -2.41. The van der Waals surface area contributed by atoms with Crippen molar-refractivity contribution in [3.63, 3.8) is 0 Å². The number of rotatable bonds is 12. The second-order valence-corrected chi connectivity index (χ2v) is 14.0. The highest BCUT2D eigenvalue weighted by Crippen LogP contribution is 2.33. The van der Waals surface area contributed by atoms with Gasteiger partial charge >= 0.3 is 0 Å². The molecular formula is C34H41Cl2N3O17. The number of nitrogens with one attached hydrogen (secondary N) is 2. The van der Waals surface area contributed by atoms with E-state index in [4.69, 9.17) is 47.3 Å². The summed E-state index contributed by atoms with van der Waals surface area (Å²) in [6.07, 6.45) is -11.4. The van der Waals surface area contributed by atoms with Crippen LogP contribution < -0.4 is 15.4 Å². The van der Waals surface area contributed by atoms with Crippen LogP contribution in [0.3, 0.4) is 0 Å². The molecule has 0 aromatic heterocycles. The van der Waals surface area contributed by atoms with Gasteiger partial charge in [-0.05, 0) is 55.3 Å². The molecule has 3 fully saturated rings. The topological polar surface area (TPSA) is 317 Å². The first kappa shape index (κ1) is 44.7. The summed E-state index contributed by atoms with van der Waals surface area (Å²) in [5.41, 5.74) is 0.715. The number of fused-ring (bicyclic) bond motifs is 1. The summed E-state index contributed by atoms with van der Waals surface area (Å²) in [7, 11) is 0. The number of phenolic OH excluding ortho intramolecular Hbond substituents is 1. The highest BCUT2D eigenvalue weighted by atomic mass is 35.5. The SMILES string of the molecule is CC(=O)[C@H]1O[C@@H](Oc2ccc(/C=C(\C)C(=O)N[C@H]3[C@@H](O)[C@H](O)[C@@H]4OCO[C@@H]4[C@H]3O)cc2O)[C@@H](O)[C@@H]1O.O=C(N[C@H](CO)[C@H](O)c1ccc([N+](=O)[O-])cc1)C(Cl)Cl. The fourth-order valence-electron chi connectivity index (χ4n) is 5.96. The fraction of sp³-hybridized carbons (Fsp3) is 0.500. The van der Waals surface area contributed by atoms with Crippen LogP contribution in [-0.4, -0.2) is 149 Å². The minimum absolute atomic E-state index is 0.0921. The van der Waals surface area contributed by atoms with Crippen LogP contribution in [-0.2, 0) is 28.6 Å². The molecule has 2 amide bonds. The number of nitro groups is 1. The van der Waals surface area contributed by atoms with Crippen LogP contribution in [0, 0.1) is 10.1 Å². The van der Waals surface area contributed by atoms with Crippen molar-refractivity contribution in [2.24, 2.45) is 0 Å². The third kappa shape index (κ3) is 10.5. The van der Waals surface area contributed by atoms with E-state index in [1.54, 1.807) is 0 Å². The Morgan fingerprint density at radius 3 is 2.12 bits per heavy atom. The summed E-state index contributed by atoms with van der Waals surface area (Å²) in [4.78, 5) is 44.1. The molecule has 1 aliphatic carbocycles. The average molecular weight is 835 g/mol. The molecular weight excluding hydrogens is 793 g/mol. The van der Waals surface area contributed by atoms with Crippen molar-refractivity contribution < 1.29 is 79.1 Å². The van der Waals surface area contributed by atoms with Crippen LogP contribution in [0.1, 0.15) is 31.1 Å². The number of hydrogen-bond acceptors (Lipinski definition) is 17. The van der Waals surface area contributed by atoms with Crippen molar-refractivity contribution in [2.45, 2.75) is 92.0 Å². The van der Waals surface area contributed by atoms with Crippen LogP contribution in [0.25, 0.3) is 6.08 Å². The number of nitro benzene ring substituents is 1. The molecule has 2 aromatic rings. The second-order valence-electron chi connectivity index (χ2n) is 12.9. The van der Waals surface area contributed by atoms with Gasteiger partial charge in [-0.2, -0.15) is 0 Å². The molecule has 0 bridgehead atoms. The van der Waals surface area contributed by atoms with Crippen molar-refractivity contribution in [3.8, 4) is 11.5 Å². The molecule has 5 rings (SSSR count). The van der Waals surface area contributed by atoms with Crippen LogP contribution >= 0.6 is 23.2 Å². The third-order valence-electron chi connectivity index (χ3n) is 9.04. The molecule has 22 heteroatoms. The zero-order valence-corrected chi connectivity index (χ0v) is 31.0. The molecule has 12 atom stereocenters. The molecule has 3 aliphatic rings. The normalized spacial score (nSPS) is 29.7. The molecule has 308 valence electrons. The van der Waals surface area contributed by atoms with Gasteiger partial charge in [0.25, 0.3) is 11.6 Å². The number of hydrogen-bond donors (Lipinski definition) is 10. The highest BCUT2D eigenvalue weighted by molar-refractivity contribution is 6.53. The monoisotopic (exact) mass is 833 g/mol. The number of Topliss-reactive ketones (excluding diaryl/α,β-unsaturated/α-hetero) is 1. The van der Waals surface area contributed by atoms with Gasteiger partial charge in [0.15, 0.2) is 22.1 Å². The number of amides is 2. The van der Waals surface area contributed by atoms with Crippen LogP contribution in [0.5, 0.6) is 11.5 Å². The molecule has 2 heterocycles. The van der Waals surface area contributed by atoms with E-state index >= 15 is 0 Å². The predicted octanol–water partition coefficient (Wildman–Crippen LogP) is -1.56. The van der Waals surface area contributed by atoms with E-state index in [2.05, 4.69) is 10.6 Å². The molecule has 0 unspecified atom stereocenters. The first-order valence-electron chi connectivity index (χ1n) is 16.8. The Bertz CT molecular complexity index is 1750. The number of nitrogens with zero attached hydrogens (tertiary/aromatic N) is 1. The van der Waals surface area contributed by atoms with E-state index in [1.807, 2.05) is 0 Å². The Morgan fingerprint density at radius 1 is 0.964 bits per heavy atom. The van der Waals surface area contributed by atoms with Crippen LogP contribution in [0.2, 0.25) is 0 Å². The zero-order chi connectivity index (χ0) is 41.6. The number of benzene rings is 2. The highest BCUT2D eigenvalue weighted by Gasteiger charge is 2.53. The summed E-state index contributed by atoms with van der Waals surface area (Å²) >= 11 is 10.7. The quantitative estimate of drug-likeness (QED) is 0.0500. The van der Waals surface area contributed by atoms with Crippen molar-refractivity contribution >= 4 is 52.6 Å². The number of aliphatic hydroxyl groups excluding tert-OH is 7. The molecule has 0 spiro atoms. The fourth-order valence-corrected chi connectivity index (χ4v) is 6.09. The lowest BCUT2D eigenvalue weighted by atomic mass is 9.83. The molecule has 56 heavy (non-hydrogen) atoms. The number of aromatic hydroxyl groups is 1. The number of non-ortho nitro benzene ring substituents is 1. The van der Waals surface area contributed by atoms with E-state index in [0.717, 1.165) is 0 Å². The summed E-state index contributed by atoms with van der Waals surface area (Å²) in [5, 5.41) is 95.8. The smallest absolute Gasteiger partial charge is 0.269 e. The number of carbonyl (C=O) groups excluding carboxylic acids is 3. The number of ketones is 1. The number of alkyl halides is 2. The van der Waals surface area contributed by atoms with E-state index < -0.39 is 107 Å². The number of phenols is 1. The van der Waals surface area contributed by atoms with Gasteiger partial charge in [0.05, 0.1) is 23.6 Å². The third-order valence-corrected chi connectivity index (χ3v) is 9.43. The molecule has 0 radical (unpaired) electrons. The number of aliphatic hydroxyl groups is 7. The first-order valence-corrected chi connectivity index (χ1v) is 17.6. The lowest BCUT2D eigenvalue weighted by Crippen LogP contribution is -2.67. The summed E-state index contributed by atoms with van der Waals surface area (Å²) < 4.78 is 21.1. The minimum Gasteiger partial charge on any atom is -0.504 e. The lowest BCUT2D eigenvalue weighted by molar-refractivity contribution is -0.384. The van der Waals surface area contributed by atoms with Gasteiger partial charge in [0.1, 0.15) is 61.7 Å². The van der Waals surface area contributed by atoms with Gasteiger partial charge in [-0.3, -0.25) is 24.5 Å². The Labute approximate surface area is 327 Å². The maximum atomic E-state index is 12.7. The number of halogens is 2. The Kier molecular flexibility index (Phi) is 15.5. The van der Waals surface area contributed by atoms with E-state index in [-0.39, 0.29) is 29.6 Å². The average Bonchev–Trinajstić information content (AvgIpc) is 3.77. The Morgan fingerprint density at radius 2 is 1.59 bits per heavy atom. The van der Waals surface area contributed by atoms with Crippen molar-refractivity contribution in [1.29, 1.82) is 0 Å². The van der Waals surface area contributed by atoms with Gasteiger partial charge in [-0.1, -0.05) is 29.3 Å². The van der Waals surface area contributed by atoms with Gasteiger partial charge in [0.2, 0.25) is 12.2 Å². The predicted molar refractivity (Wildman–Crippen MR) is 191 cm³/mol. The van der Waals surface area contributed by atoms with Crippen LogP contribution in [0.4, 0.5) is 5.69 Å². The molecule has 2 aliphatic heterocycles. The van der Waals surface area contributed by atoms with Gasteiger partial charge in [-0.25, -0.2) is 0 Å². The van der Waals surface area contributed by atoms with E-state index in [1.165, 1.54) is 62.4 Å². The maximum absolute atomic E-state index is 12.7. The molecule has 2 saturated heterocycles. The largest absolute Gasteiger partial charge is 0.504 e. The van der Waals surface area contributed by atoms with E-state index in [9.17, 15) is 60.2 Å². The van der Waals surface area contributed by atoms with Gasteiger partial charge < -0.3 is 70.4 Å². The number of carbonyl (C=O) groups is 3. The molecule has 10 N–H and O–H groups in total. The van der Waals surface area contributed by atoms with Crippen molar-refractivity contribution in [3.05, 3.63) is 69.3 Å². The zero-order valence-electron chi connectivity index (χ0n) is 29.5. The molecule has 2 aromatic carbocycles. The first-order chi connectivity index (χ1) is 26.4. The number of ether oxygens (including phenoxy) is 4. The molecule has 1 saturated carbocycles. The summed E-state index contributed by atoms with van der Waals surface area (Å²) in [5.74, 6) is -2.34. The standard InChI is InChI=1S/C23H29NO12.C11H12Cl2N2O5/c1-8(22(32)24-13-14(27)16(29)21-20(15(13)28)33-7-34-21)5-10-3-4-12(11(26)6-10)35-23-18(31)17(30)19(36-23)9(2)25;12-10(13)11(18)14-8(5-16)9(17)6-1-3-7(4-2-6)15(19)20/h3-6,13-21,23,26-31H,7H2,1-2H3,(H,24,32);1-4,8-10,16-17H,5H2,(H,14,18)/b8-5+;/t13-,14+,15-,16-,17-,18-,19+,20+,21-,23+;8-,9-/m01/s1. The van der Waals surface area contributed by atoms with E-state index in [0.29, 0.717) is 11.1 Å². The molecule has 20 nitrogen and oxygen atoms in total. The maximum Gasteiger partial charge on any atom is 0.269 e. The Hall–Kier alpha value is -4.03. The second kappa shape index (κ2) is 19.4. The Balaban J connectivity index is 0.000000296. The van der Waals surface area contributed by atoms with Gasteiger partial charge in [0, 0.05) is 17.7 Å². The van der Waals surface area contributed by atoms with Crippen LogP contribution in [0.15, 0.2) is 48.0 Å². The summed E-state index contributed by atoms with van der Waals surface area (Å²) in [6, 6.07) is 6.95. The minimum atomic E-state index is -1.51. The van der Waals surface area contributed by atoms with Crippen molar-refractivity contribution in [1.82, 2.24) is 10.6 Å². The van der Waals surface area contributed by atoms with Gasteiger partial charge in [-0.15, -0.1) is 0 Å². The summed E-state index contributed by atoms with van der Waals surface area (Å²) in [6.45, 7) is 1.97. The van der Waals surface area contributed by atoms with Crippen molar-refractivity contribution in [2.75, 3.05) is 13.4 Å².